The van der Waals surface area contributed by atoms with Crippen LogP contribution in [0.3, 0.4) is 0 Å². The van der Waals surface area contributed by atoms with Crippen LogP contribution in [0, 0.1) is 5.82 Å². The van der Waals surface area contributed by atoms with Gasteiger partial charge in [-0.15, -0.1) is 0 Å². The van der Waals surface area contributed by atoms with Crippen molar-refractivity contribution in [2.24, 2.45) is 0 Å². The Labute approximate surface area is 208 Å². The van der Waals surface area contributed by atoms with Gasteiger partial charge in [0.15, 0.2) is 0 Å². The molecule has 0 saturated heterocycles. The molecule has 1 atom stereocenters. The molecule has 0 fully saturated rings. The number of hydrogen-bond donors (Lipinski definition) is 0. The van der Waals surface area contributed by atoms with Crippen molar-refractivity contribution < 1.29 is 14.0 Å². The zero-order valence-electron chi connectivity index (χ0n) is 19.2. The minimum atomic E-state index is -0.802. The molecule has 174 valence electrons. The van der Waals surface area contributed by atoms with Crippen LogP contribution >= 0.6 is 0 Å². The normalized spacial score (nSPS) is 18.4. The van der Waals surface area contributed by atoms with Gasteiger partial charge in [-0.25, -0.2) is 4.39 Å². The summed E-state index contributed by atoms with van der Waals surface area (Å²) in [6, 6.07) is 33.4. The number of hydrogen-bond acceptors (Lipinski definition) is 2. The average Bonchev–Trinajstić information content (AvgIpc) is 3.37. The zero-order valence-corrected chi connectivity index (χ0v) is 19.2. The van der Waals surface area contributed by atoms with Crippen molar-refractivity contribution in [3.05, 3.63) is 149 Å². The first-order valence-corrected chi connectivity index (χ1v) is 11.7. The number of benzene rings is 4. The van der Waals surface area contributed by atoms with Gasteiger partial charge in [0.1, 0.15) is 11.5 Å². The molecule has 0 aromatic heterocycles. The largest absolute Gasteiger partial charge is 0.295 e. The van der Waals surface area contributed by atoms with Gasteiger partial charge < -0.3 is 0 Å². The van der Waals surface area contributed by atoms with E-state index in [-0.39, 0.29) is 17.5 Å². The molecule has 4 aromatic carbocycles. The van der Waals surface area contributed by atoms with Gasteiger partial charge in [-0.3, -0.25) is 19.4 Å². The molecule has 0 bridgehead atoms. The van der Waals surface area contributed by atoms with Crippen molar-refractivity contribution in [2.75, 3.05) is 9.80 Å². The summed E-state index contributed by atoms with van der Waals surface area (Å²) in [5.74, 6) is -1.09. The average molecular weight is 473 g/mol. The van der Waals surface area contributed by atoms with Crippen molar-refractivity contribution in [1.82, 2.24) is 0 Å². The Morgan fingerprint density at radius 1 is 0.639 bits per heavy atom. The lowest BCUT2D eigenvalue weighted by molar-refractivity contribution is -0.118. The highest BCUT2D eigenvalue weighted by Gasteiger charge is 2.52. The monoisotopic (exact) mass is 472 g/mol. The summed E-state index contributed by atoms with van der Waals surface area (Å²) in [6.45, 7) is 0. The molecule has 2 aliphatic heterocycles. The summed E-state index contributed by atoms with van der Waals surface area (Å²) >= 11 is 0. The van der Waals surface area contributed by atoms with E-state index in [2.05, 4.69) is 0 Å². The molecule has 0 N–H and O–H groups in total. The Kier molecular flexibility index (Phi) is 5.30. The van der Waals surface area contributed by atoms with E-state index < -0.39 is 11.9 Å². The highest BCUT2D eigenvalue weighted by molar-refractivity contribution is 6.29. The van der Waals surface area contributed by atoms with Crippen LogP contribution in [-0.2, 0) is 9.59 Å². The molecule has 0 saturated carbocycles. The quantitative estimate of drug-likeness (QED) is 0.327. The second-order valence-corrected chi connectivity index (χ2v) is 8.64. The Morgan fingerprint density at radius 2 is 1.19 bits per heavy atom. The lowest BCUT2D eigenvalue weighted by atomic mass is 9.92. The molecule has 2 amide bonds. The Bertz CT molecular complexity index is 1530. The first kappa shape index (κ1) is 21.7. The molecule has 0 aliphatic carbocycles. The van der Waals surface area contributed by atoms with E-state index in [1.807, 2.05) is 78.9 Å². The van der Waals surface area contributed by atoms with Gasteiger partial charge in [-0.2, -0.15) is 0 Å². The molecule has 6 rings (SSSR count). The smallest absolute Gasteiger partial charge is 0.276 e. The van der Waals surface area contributed by atoms with E-state index in [9.17, 15) is 9.59 Å². The molecular weight excluding hydrogens is 451 g/mol. The third-order valence-corrected chi connectivity index (χ3v) is 6.51. The number of para-hydroxylation sites is 2. The molecular formula is C31H21FN2O2. The third kappa shape index (κ3) is 3.45. The molecule has 0 radical (unpaired) electrons. The molecule has 4 aromatic rings. The number of anilines is 2. The van der Waals surface area contributed by atoms with Crippen LogP contribution in [-0.4, -0.2) is 11.8 Å². The van der Waals surface area contributed by atoms with Crippen LogP contribution in [0.1, 0.15) is 17.2 Å². The number of rotatable bonds is 4. The van der Waals surface area contributed by atoms with E-state index in [4.69, 9.17) is 0 Å². The molecule has 4 nitrogen and oxygen atoms in total. The van der Waals surface area contributed by atoms with Crippen LogP contribution in [0.5, 0.6) is 0 Å². The summed E-state index contributed by atoms with van der Waals surface area (Å²) in [6.07, 6.45) is 1.79. The fourth-order valence-corrected chi connectivity index (χ4v) is 4.96. The van der Waals surface area contributed by atoms with Gasteiger partial charge in [0.25, 0.3) is 11.8 Å². The maximum Gasteiger partial charge on any atom is 0.276 e. The minimum absolute atomic E-state index is 0.255. The van der Waals surface area contributed by atoms with Crippen LogP contribution in [0.4, 0.5) is 15.8 Å². The van der Waals surface area contributed by atoms with Gasteiger partial charge in [0.05, 0.1) is 6.04 Å². The van der Waals surface area contributed by atoms with Crippen molar-refractivity contribution in [2.45, 2.75) is 6.04 Å². The zero-order chi connectivity index (χ0) is 24.6. The third-order valence-electron chi connectivity index (χ3n) is 6.51. The van der Waals surface area contributed by atoms with Crippen LogP contribution in [0.25, 0.3) is 6.08 Å². The Morgan fingerprint density at radius 3 is 1.83 bits per heavy atom. The highest BCUT2D eigenvalue weighted by atomic mass is 19.1. The molecule has 2 aliphatic rings. The summed E-state index contributed by atoms with van der Waals surface area (Å²) in [7, 11) is 0. The predicted octanol–water partition coefficient (Wildman–Crippen LogP) is 6.30. The lowest BCUT2D eigenvalue weighted by Crippen LogP contribution is -2.38. The van der Waals surface area contributed by atoms with E-state index in [1.54, 1.807) is 41.3 Å². The molecule has 0 unspecified atom stereocenters. The van der Waals surface area contributed by atoms with Crippen molar-refractivity contribution in [3.63, 3.8) is 0 Å². The van der Waals surface area contributed by atoms with E-state index in [0.29, 0.717) is 28.1 Å². The van der Waals surface area contributed by atoms with Gasteiger partial charge in [0.2, 0.25) is 0 Å². The van der Waals surface area contributed by atoms with Crippen molar-refractivity contribution >= 4 is 29.3 Å². The number of carbonyl (C=O) groups excluding carboxylic acids is 2. The van der Waals surface area contributed by atoms with E-state index in [1.165, 1.54) is 11.0 Å². The first-order valence-electron chi connectivity index (χ1n) is 11.7. The second-order valence-electron chi connectivity index (χ2n) is 8.64. The van der Waals surface area contributed by atoms with Crippen LogP contribution in [0.15, 0.2) is 132 Å². The topological polar surface area (TPSA) is 40.6 Å². The maximum absolute atomic E-state index is 15.3. The summed E-state index contributed by atoms with van der Waals surface area (Å²) in [4.78, 5) is 31.1. The SMILES string of the molecule is O=C1/C(=C/c2ccccc2)C2=C(C(=O)N(c3ccccc3)[C@H]2c2ccccc2F)N1c1ccccc1. The number of nitrogens with zero attached hydrogens (tertiary/aromatic N) is 2. The maximum atomic E-state index is 15.3. The first-order chi connectivity index (χ1) is 17.6. The van der Waals surface area contributed by atoms with E-state index >= 15 is 4.39 Å². The number of amides is 2. The van der Waals surface area contributed by atoms with Gasteiger partial charge in [-0.05, 0) is 42.0 Å². The Balaban J connectivity index is 1.64. The van der Waals surface area contributed by atoms with Gasteiger partial charge >= 0.3 is 0 Å². The highest BCUT2D eigenvalue weighted by Crippen LogP contribution is 2.51. The fraction of sp³-hybridized carbons (Fsp3) is 0.0323. The number of halogens is 1. The fourth-order valence-electron chi connectivity index (χ4n) is 4.96. The minimum Gasteiger partial charge on any atom is -0.295 e. The lowest BCUT2D eigenvalue weighted by Gasteiger charge is -2.30. The summed E-state index contributed by atoms with van der Waals surface area (Å²) < 4.78 is 15.3. The number of carbonyl (C=O) groups is 2. The Hall–Kier alpha value is -4.77. The predicted molar refractivity (Wildman–Crippen MR) is 138 cm³/mol. The molecule has 0 spiro atoms. The molecule has 2 heterocycles. The molecule has 36 heavy (non-hydrogen) atoms. The van der Waals surface area contributed by atoms with Gasteiger partial charge in [0, 0.05) is 28.1 Å². The summed E-state index contributed by atoms with van der Waals surface area (Å²) in [5, 5.41) is 0. The van der Waals surface area contributed by atoms with Crippen molar-refractivity contribution in [3.8, 4) is 0 Å². The molecule has 5 heteroatoms. The van der Waals surface area contributed by atoms with E-state index in [0.717, 1.165) is 5.56 Å². The van der Waals surface area contributed by atoms with Crippen LogP contribution < -0.4 is 9.80 Å². The van der Waals surface area contributed by atoms with Gasteiger partial charge in [-0.1, -0.05) is 84.9 Å². The standard InChI is InChI=1S/C31H21FN2O2/c32-26-19-11-10-18-24(26)28-27-25(20-21-12-4-1-5-13-21)30(35)34(23-16-8-3-9-17-23)29(27)31(36)33(28)22-14-6-2-7-15-22/h1-20,28H/b25-20+/t28-/m0/s1. The van der Waals surface area contributed by atoms with Crippen LogP contribution in [0.2, 0.25) is 0 Å². The van der Waals surface area contributed by atoms with Crippen molar-refractivity contribution in [1.29, 1.82) is 0 Å². The second kappa shape index (κ2) is 8.78. The summed E-state index contributed by atoms with van der Waals surface area (Å²) in [5.41, 5.74) is 3.51.